The number of aryl methyl sites for hydroxylation is 1. The van der Waals surface area contributed by atoms with Crippen molar-refractivity contribution in [3.63, 3.8) is 0 Å². The molecule has 3 aromatic carbocycles. The summed E-state index contributed by atoms with van der Waals surface area (Å²) in [5.74, 6) is -0.865. The first-order valence-electron chi connectivity index (χ1n) is 9.98. The molecule has 0 spiro atoms. The summed E-state index contributed by atoms with van der Waals surface area (Å²) in [6.07, 6.45) is 2.38. The van der Waals surface area contributed by atoms with Crippen LogP contribution in [-0.2, 0) is 13.0 Å². The van der Waals surface area contributed by atoms with E-state index >= 15 is 0 Å². The zero-order valence-corrected chi connectivity index (χ0v) is 16.8. The molecule has 1 amide bonds. The van der Waals surface area contributed by atoms with Gasteiger partial charge in [0.2, 0.25) is 0 Å². The van der Waals surface area contributed by atoms with Gasteiger partial charge in [0.25, 0.3) is 5.91 Å². The number of halogens is 2. The number of rotatable bonds is 4. The normalized spacial score (nSPS) is 11.8. The van der Waals surface area contributed by atoms with Crippen molar-refractivity contribution in [2.45, 2.75) is 19.9 Å². The van der Waals surface area contributed by atoms with Crippen molar-refractivity contribution in [2.75, 3.05) is 5.32 Å². The fourth-order valence-corrected chi connectivity index (χ4v) is 4.05. The van der Waals surface area contributed by atoms with E-state index in [1.807, 2.05) is 24.3 Å². The van der Waals surface area contributed by atoms with Crippen LogP contribution in [0.5, 0.6) is 0 Å². The quantitative estimate of drug-likeness (QED) is 0.431. The molecule has 0 bridgehead atoms. The van der Waals surface area contributed by atoms with Crippen molar-refractivity contribution >= 4 is 11.7 Å². The fraction of sp³-hybridized carbons (Fsp3) is 0.120. The Morgan fingerprint density at radius 3 is 2.71 bits per heavy atom. The number of aromatic nitrogens is 2. The lowest BCUT2D eigenvalue weighted by molar-refractivity contribution is 0.102. The lowest BCUT2D eigenvalue weighted by atomic mass is 10.0. The molecule has 4 nitrogen and oxygen atoms in total. The summed E-state index contributed by atoms with van der Waals surface area (Å²) in [5, 5.41) is 7.11. The van der Waals surface area contributed by atoms with Crippen molar-refractivity contribution in [1.29, 1.82) is 0 Å². The van der Waals surface area contributed by atoms with Gasteiger partial charge in [0, 0.05) is 16.7 Å². The van der Waals surface area contributed by atoms with E-state index in [0.29, 0.717) is 11.4 Å². The van der Waals surface area contributed by atoms with Gasteiger partial charge in [-0.3, -0.25) is 4.79 Å². The molecule has 31 heavy (non-hydrogen) atoms. The number of nitrogens with one attached hydrogen (secondary N) is 1. The van der Waals surface area contributed by atoms with Crippen molar-refractivity contribution in [3.8, 4) is 11.1 Å². The van der Waals surface area contributed by atoms with Crippen LogP contribution >= 0.6 is 0 Å². The fourth-order valence-electron chi connectivity index (χ4n) is 4.05. The predicted octanol–water partition coefficient (Wildman–Crippen LogP) is 5.34. The minimum Gasteiger partial charge on any atom is -0.307 e. The van der Waals surface area contributed by atoms with Gasteiger partial charge in [0.05, 0.1) is 12.7 Å². The Morgan fingerprint density at radius 2 is 1.84 bits per heavy atom. The lowest BCUT2D eigenvalue weighted by Gasteiger charge is -2.12. The van der Waals surface area contributed by atoms with E-state index in [1.54, 1.807) is 19.2 Å². The largest absolute Gasteiger partial charge is 0.307 e. The zero-order valence-electron chi connectivity index (χ0n) is 16.8. The van der Waals surface area contributed by atoms with E-state index in [2.05, 4.69) is 22.5 Å². The highest BCUT2D eigenvalue weighted by molar-refractivity contribution is 6.04. The van der Waals surface area contributed by atoms with Gasteiger partial charge in [-0.2, -0.15) is 5.10 Å². The van der Waals surface area contributed by atoms with Gasteiger partial charge in [0.15, 0.2) is 0 Å². The van der Waals surface area contributed by atoms with Crippen molar-refractivity contribution in [3.05, 3.63) is 106 Å². The maximum Gasteiger partial charge on any atom is 0.256 e. The monoisotopic (exact) mass is 415 g/mol. The summed E-state index contributed by atoms with van der Waals surface area (Å²) in [6, 6.07) is 17.2. The highest BCUT2D eigenvalue weighted by Gasteiger charge is 2.20. The molecule has 0 fully saturated rings. The Hall–Kier alpha value is -3.80. The zero-order chi connectivity index (χ0) is 21.5. The predicted molar refractivity (Wildman–Crippen MR) is 115 cm³/mol. The van der Waals surface area contributed by atoms with Crippen LogP contribution in [0.15, 0.2) is 66.9 Å². The molecule has 1 aliphatic carbocycles. The van der Waals surface area contributed by atoms with Gasteiger partial charge in [-0.15, -0.1) is 0 Å². The number of benzene rings is 3. The third-order valence-electron chi connectivity index (χ3n) is 5.64. The third kappa shape index (κ3) is 3.50. The Bertz CT molecular complexity index is 1330. The highest BCUT2D eigenvalue weighted by Crippen LogP contribution is 2.36. The van der Waals surface area contributed by atoms with Crippen molar-refractivity contribution < 1.29 is 13.6 Å². The van der Waals surface area contributed by atoms with E-state index in [-0.39, 0.29) is 18.0 Å². The number of hydrogen-bond donors (Lipinski definition) is 1. The highest BCUT2D eigenvalue weighted by atomic mass is 19.1. The molecule has 0 saturated heterocycles. The molecular weight excluding hydrogens is 396 g/mol. The second kappa shape index (κ2) is 7.47. The summed E-state index contributed by atoms with van der Waals surface area (Å²) in [6.45, 7) is 1.81. The molecule has 6 heteroatoms. The van der Waals surface area contributed by atoms with Crippen LogP contribution in [0.3, 0.4) is 0 Å². The molecule has 1 heterocycles. The molecule has 0 radical (unpaired) electrons. The molecule has 5 rings (SSSR count). The molecular formula is C25H19F2N3O. The first-order valence-corrected chi connectivity index (χ1v) is 9.98. The lowest BCUT2D eigenvalue weighted by Crippen LogP contribution is -2.17. The number of amides is 1. The second-order valence-corrected chi connectivity index (χ2v) is 7.73. The summed E-state index contributed by atoms with van der Waals surface area (Å²) in [4.78, 5) is 13.0. The van der Waals surface area contributed by atoms with Crippen LogP contribution < -0.4 is 5.32 Å². The van der Waals surface area contributed by atoms with E-state index in [0.717, 1.165) is 41.3 Å². The molecule has 1 N–H and O–H groups in total. The average molecular weight is 415 g/mol. The number of hydrogen-bond acceptors (Lipinski definition) is 2. The minimum atomic E-state index is -0.523. The smallest absolute Gasteiger partial charge is 0.256 e. The first kappa shape index (κ1) is 19.2. The number of carbonyl (C=O) groups excluding carboxylic acids is 1. The molecule has 1 aromatic heterocycles. The Kier molecular flexibility index (Phi) is 4.62. The Morgan fingerprint density at radius 1 is 1.03 bits per heavy atom. The first-order chi connectivity index (χ1) is 15.0. The van der Waals surface area contributed by atoms with E-state index in [9.17, 15) is 13.6 Å². The molecule has 0 aliphatic heterocycles. The van der Waals surface area contributed by atoms with Crippen molar-refractivity contribution in [1.82, 2.24) is 9.78 Å². The van der Waals surface area contributed by atoms with Crippen LogP contribution in [0.25, 0.3) is 11.1 Å². The van der Waals surface area contributed by atoms with Crippen molar-refractivity contribution in [2.24, 2.45) is 0 Å². The number of fused-ring (bicyclic) bond motifs is 3. The SMILES string of the molecule is Cc1cnn(Cc2cc(F)ccc2F)c1NC(=O)c1ccc2c(c1)Cc1ccccc1-2. The summed E-state index contributed by atoms with van der Waals surface area (Å²) < 4.78 is 29.1. The standard InChI is InChI=1S/C25H19F2N3O/c1-15-13-28-30(14-19-12-20(26)7-9-23(19)27)24(15)29-25(31)17-6-8-22-18(11-17)10-16-4-2-3-5-21(16)22/h2-9,11-13H,10,14H2,1H3,(H,29,31). The molecule has 0 unspecified atom stereocenters. The van der Waals surface area contributed by atoms with Gasteiger partial charge in [-0.05, 0) is 65.9 Å². The minimum absolute atomic E-state index is 0.00649. The summed E-state index contributed by atoms with van der Waals surface area (Å²) >= 11 is 0. The van der Waals surface area contributed by atoms with Crippen LogP contribution in [-0.4, -0.2) is 15.7 Å². The molecule has 154 valence electrons. The van der Waals surface area contributed by atoms with Gasteiger partial charge < -0.3 is 5.32 Å². The average Bonchev–Trinajstić information content (AvgIpc) is 3.30. The molecule has 4 aromatic rings. The van der Waals surface area contributed by atoms with E-state index in [4.69, 9.17) is 0 Å². The van der Waals surface area contributed by atoms with E-state index in [1.165, 1.54) is 15.8 Å². The topological polar surface area (TPSA) is 46.9 Å². The van der Waals surface area contributed by atoms with Crippen LogP contribution in [0.4, 0.5) is 14.6 Å². The van der Waals surface area contributed by atoms with Gasteiger partial charge in [-0.25, -0.2) is 13.5 Å². The second-order valence-electron chi connectivity index (χ2n) is 7.73. The third-order valence-corrected chi connectivity index (χ3v) is 5.64. The Balaban J connectivity index is 1.40. The van der Waals surface area contributed by atoms with Crippen LogP contribution in [0, 0.1) is 18.6 Å². The molecule has 0 saturated carbocycles. The summed E-state index contributed by atoms with van der Waals surface area (Å²) in [7, 11) is 0. The maximum atomic E-state index is 14.1. The number of carbonyl (C=O) groups is 1. The summed E-state index contributed by atoms with van der Waals surface area (Å²) in [5.41, 5.74) is 6.15. The van der Waals surface area contributed by atoms with E-state index < -0.39 is 11.6 Å². The van der Waals surface area contributed by atoms with Gasteiger partial charge in [-0.1, -0.05) is 30.3 Å². The van der Waals surface area contributed by atoms with Gasteiger partial charge >= 0.3 is 0 Å². The Labute approximate surface area is 178 Å². The van der Waals surface area contributed by atoms with Gasteiger partial charge in [0.1, 0.15) is 17.5 Å². The van der Waals surface area contributed by atoms with Crippen LogP contribution in [0.2, 0.25) is 0 Å². The van der Waals surface area contributed by atoms with Crippen LogP contribution in [0.1, 0.15) is 32.6 Å². The molecule has 0 atom stereocenters. The maximum absolute atomic E-state index is 14.1. The molecule has 1 aliphatic rings. The number of anilines is 1. The number of nitrogens with zero attached hydrogens (tertiary/aromatic N) is 2.